The van der Waals surface area contributed by atoms with Crippen molar-refractivity contribution < 1.29 is 19.5 Å². The Hall–Kier alpha value is -1.24. The average molecular weight is 246 g/mol. The summed E-state index contributed by atoms with van der Waals surface area (Å²) in [4.78, 5) is 33.4. The van der Waals surface area contributed by atoms with Crippen LogP contribution < -0.4 is 10.6 Å². The van der Waals surface area contributed by atoms with Crippen molar-refractivity contribution in [2.24, 2.45) is 0 Å². The van der Waals surface area contributed by atoms with Gasteiger partial charge in [-0.15, -0.1) is 0 Å². The standard InChI is InChI=1S/C9H14N2O4S/c1-16-3-2-5-8(14)11-6(4-7(12)13)9(15)10-5/h5-6H,2-4H2,1H3,(H,10,15)(H,11,14)(H,12,13). The van der Waals surface area contributed by atoms with Gasteiger partial charge in [0, 0.05) is 0 Å². The van der Waals surface area contributed by atoms with Gasteiger partial charge in [-0.25, -0.2) is 0 Å². The van der Waals surface area contributed by atoms with E-state index >= 15 is 0 Å². The fourth-order valence-corrected chi connectivity index (χ4v) is 1.90. The van der Waals surface area contributed by atoms with Crippen molar-refractivity contribution in [1.82, 2.24) is 10.6 Å². The second-order valence-electron chi connectivity index (χ2n) is 3.50. The van der Waals surface area contributed by atoms with Gasteiger partial charge in [-0.1, -0.05) is 0 Å². The van der Waals surface area contributed by atoms with Crippen LogP contribution in [-0.2, 0) is 14.4 Å². The van der Waals surface area contributed by atoms with Gasteiger partial charge in [0.25, 0.3) is 0 Å². The lowest BCUT2D eigenvalue weighted by molar-refractivity contribution is -0.143. The average Bonchev–Trinajstić information content (AvgIpc) is 2.20. The van der Waals surface area contributed by atoms with Crippen LogP contribution in [0.25, 0.3) is 0 Å². The lowest BCUT2D eigenvalue weighted by atomic mass is 10.1. The Labute approximate surface area is 97.2 Å². The molecule has 0 aromatic heterocycles. The summed E-state index contributed by atoms with van der Waals surface area (Å²) in [5.74, 6) is -1.07. The van der Waals surface area contributed by atoms with Gasteiger partial charge in [-0.3, -0.25) is 14.4 Å². The predicted molar refractivity (Wildman–Crippen MR) is 59.1 cm³/mol. The molecule has 2 unspecified atom stereocenters. The summed E-state index contributed by atoms with van der Waals surface area (Å²) >= 11 is 1.58. The molecule has 7 heteroatoms. The first-order valence-electron chi connectivity index (χ1n) is 4.86. The third kappa shape index (κ3) is 3.41. The molecule has 1 fully saturated rings. The number of amides is 2. The minimum absolute atomic E-state index is 0.306. The topological polar surface area (TPSA) is 95.5 Å². The molecule has 0 radical (unpaired) electrons. The third-order valence-electron chi connectivity index (χ3n) is 2.26. The molecular weight excluding hydrogens is 232 g/mol. The molecule has 0 aliphatic carbocycles. The molecule has 1 saturated heterocycles. The Bertz CT molecular complexity index is 308. The Kier molecular flexibility index (Phi) is 4.60. The van der Waals surface area contributed by atoms with E-state index in [9.17, 15) is 14.4 Å². The van der Waals surface area contributed by atoms with E-state index in [-0.39, 0.29) is 12.3 Å². The number of carbonyl (C=O) groups excluding carboxylic acids is 2. The van der Waals surface area contributed by atoms with Crippen LogP contribution in [0.5, 0.6) is 0 Å². The summed E-state index contributed by atoms with van der Waals surface area (Å²) in [6.07, 6.45) is 2.08. The van der Waals surface area contributed by atoms with E-state index < -0.39 is 24.0 Å². The summed E-state index contributed by atoms with van der Waals surface area (Å²) in [5.41, 5.74) is 0. The van der Waals surface area contributed by atoms with Gasteiger partial charge in [0.05, 0.1) is 6.42 Å². The van der Waals surface area contributed by atoms with Gasteiger partial charge in [0.2, 0.25) is 11.8 Å². The quantitative estimate of drug-likeness (QED) is 0.590. The van der Waals surface area contributed by atoms with Crippen molar-refractivity contribution in [1.29, 1.82) is 0 Å². The fraction of sp³-hybridized carbons (Fsp3) is 0.667. The highest BCUT2D eigenvalue weighted by Gasteiger charge is 2.34. The fourth-order valence-electron chi connectivity index (χ4n) is 1.43. The first kappa shape index (κ1) is 12.8. The molecule has 2 atom stereocenters. The van der Waals surface area contributed by atoms with Crippen LogP contribution in [0.3, 0.4) is 0 Å². The minimum atomic E-state index is -1.11. The Morgan fingerprint density at radius 1 is 1.31 bits per heavy atom. The molecule has 1 aliphatic heterocycles. The highest BCUT2D eigenvalue weighted by molar-refractivity contribution is 7.98. The zero-order valence-corrected chi connectivity index (χ0v) is 9.67. The van der Waals surface area contributed by atoms with E-state index in [1.165, 1.54) is 0 Å². The van der Waals surface area contributed by atoms with E-state index in [0.717, 1.165) is 5.75 Å². The zero-order valence-electron chi connectivity index (χ0n) is 8.86. The predicted octanol–water partition coefficient (Wildman–Crippen LogP) is -0.803. The lowest BCUT2D eigenvalue weighted by Gasteiger charge is -2.28. The van der Waals surface area contributed by atoms with E-state index in [1.807, 2.05) is 6.26 Å². The van der Waals surface area contributed by atoms with Crippen molar-refractivity contribution in [3.63, 3.8) is 0 Å². The number of carboxylic acids is 1. The first-order chi connectivity index (χ1) is 7.54. The smallest absolute Gasteiger partial charge is 0.305 e. The molecule has 1 aliphatic rings. The van der Waals surface area contributed by atoms with Gasteiger partial charge >= 0.3 is 5.97 Å². The molecule has 0 saturated carbocycles. The van der Waals surface area contributed by atoms with Crippen molar-refractivity contribution in [2.75, 3.05) is 12.0 Å². The van der Waals surface area contributed by atoms with Crippen LogP contribution in [0, 0.1) is 0 Å². The summed E-state index contributed by atoms with van der Waals surface area (Å²) < 4.78 is 0. The molecule has 3 N–H and O–H groups in total. The Morgan fingerprint density at radius 3 is 2.44 bits per heavy atom. The van der Waals surface area contributed by atoms with Crippen molar-refractivity contribution in [3.05, 3.63) is 0 Å². The van der Waals surface area contributed by atoms with Gasteiger partial charge in [0.1, 0.15) is 12.1 Å². The molecular formula is C9H14N2O4S. The molecule has 1 heterocycles. The van der Waals surface area contributed by atoms with Crippen LogP contribution in [0.4, 0.5) is 0 Å². The number of rotatable bonds is 5. The van der Waals surface area contributed by atoms with Crippen LogP contribution in [0.1, 0.15) is 12.8 Å². The monoisotopic (exact) mass is 246 g/mol. The second-order valence-corrected chi connectivity index (χ2v) is 4.49. The maximum absolute atomic E-state index is 11.5. The maximum atomic E-state index is 11.5. The van der Waals surface area contributed by atoms with Gasteiger partial charge in [-0.05, 0) is 18.4 Å². The number of hydrogen-bond donors (Lipinski definition) is 3. The Morgan fingerprint density at radius 2 is 1.88 bits per heavy atom. The van der Waals surface area contributed by atoms with Gasteiger partial charge in [-0.2, -0.15) is 11.8 Å². The van der Waals surface area contributed by atoms with Crippen LogP contribution in [0.2, 0.25) is 0 Å². The highest BCUT2D eigenvalue weighted by atomic mass is 32.2. The normalized spacial score (nSPS) is 24.8. The molecule has 0 aromatic carbocycles. The third-order valence-corrected chi connectivity index (χ3v) is 2.90. The molecule has 6 nitrogen and oxygen atoms in total. The summed E-state index contributed by atoms with van der Waals surface area (Å²) in [6.45, 7) is 0. The number of piperazine rings is 1. The number of aliphatic carboxylic acids is 1. The molecule has 1 rings (SSSR count). The zero-order chi connectivity index (χ0) is 12.1. The molecule has 0 spiro atoms. The number of hydrogen-bond acceptors (Lipinski definition) is 4. The molecule has 16 heavy (non-hydrogen) atoms. The number of carboxylic acid groups (broad SMARTS) is 1. The van der Waals surface area contributed by atoms with E-state index in [1.54, 1.807) is 11.8 Å². The number of nitrogens with one attached hydrogen (secondary N) is 2. The van der Waals surface area contributed by atoms with Crippen molar-refractivity contribution >= 4 is 29.5 Å². The summed E-state index contributed by atoms with van der Waals surface area (Å²) in [7, 11) is 0. The van der Waals surface area contributed by atoms with E-state index in [0.29, 0.717) is 6.42 Å². The maximum Gasteiger partial charge on any atom is 0.305 e. The number of carbonyl (C=O) groups is 3. The molecule has 2 amide bonds. The SMILES string of the molecule is CSCCC1NC(=O)C(CC(=O)O)NC1=O. The molecule has 0 bridgehead atoms. The minimum Gasteiger partial charge on any atom is -0.481 e. The van der Waals surface area contributed by atoms with E-state index in [2.05, 4.69) is 10.6 Å². The van der Waals surface area contributed by atoms with E-state index in [4.69, 9.17) is 5.11 Å². The van der Waals surface area contributed by atoms with Crippen molar-refractivity contribution in [2.45, 2.75) is 24.9 Å². The number of thioether (sulfide) groups is 1. The Balaban J connectivity index is 2.53. The lowest BCUT2D eigenvalue weighted by Crippen LogP contribution is -2.62. The largest absolute Gasteiger partial charge is 0.481 e. The van der Waals surface area contributed by atoms with Crippen LogP contribution in [0.15, 0.2) is 0 Å². The second kappa shape index (κ2) is 5.74. The summed E-state index contributed by atoms with van der Waals surface area (Å²) in [5, 5.41) is 13.5. The molecule has 0 aromatic rings. The highest BCUT2D eigenvalue weighted by Crippen LogP contribution is 2.07. The van der Waals surface area contributed by atoms with Crippen LogP contribution in [-0.4, -0.2) is 47.0 Å². The summed E-state index contributed by atoms with van der Waals surface area (Å²) in [6, 6.07) is -1.49. The molecule has 90 valence electrons. The van der Waals surface area contributed by atoms with Crippen LogP contribution >= 0.6 is 11.8 Å². The van der Waals surface area contributed by atoms with Gasteiger partial charge < -0.3 is 15.7 Å². The van der Waals surface area contributed by atoms with Crippen molar-refractivity contribution in [3.8, 4) is 0 Å². The van der Waals surface area contributed by atoms with Gasteiger partial charge in [0.15, 0.2) is 0 Å². The first-order valence-corrected chi connectivity index (χ1v) is 6.25.